The van der Waals surface area contributed by atoms with Crippen molar-refractivity contribution in [2.45, 2.75) is 52.2 Å². The molecule has 1 aliphatic rings. The Bertz CT molecular complexity index is 726. The Labute approximate surface area is 169 Å². The Balaban J connectivity index is 1.52. The number of likely N-dealkylation sites (tertiary alicyclic amines) is 1. The van der Waals surface area contributed by atoms with Gasteiger partial charge in [-0.15, -0.1) is 0 Å². The zero-order valence-corrected chi connectivity index (χ0v) is 17.3. The Kier molecular flexibility index (Phi) is 7.91. The molecule has 1 aliphatic heterocycles. The number of aliphatic imine (C=N–C) groups is 1. The van der Waals surface area contributed by atoms with Crippen LogP contribution in [-0.2, 0) is 26.7 Å². The van der Waals surface area contributed by atoms with Gasteiger partial charge in [-0.05, 0) is 50.0 Å². The molecule has 2 aromatic rings. The minimum absolute atomic E-state index is 0.671. The summed E-state index contributed by atoms with van der Waals surface area (Å²) >= 11 is 0. The normalized spacial score (nSPS) is 16.0. The molecule has 1 saturated heterocycles. The van der Waals surface area contributed by atoms with E-state index in [1.807, 2.05) is 24.0 Å². The third kappa shape index (κ3) is 6.37. The van der Waals surface area contributed by atoms with Crippen molar-refractivity contribution in [2.24, 2.45) is 12.0 Å². The molecular formula is C22H34N6. The standard InChI is InChI=1S/C22H34N6/c1-3-23-22(25-17-21-12-13-26-27(21)2)24-16-19-8-10-20(11-9-19)18-28-14-6-4-5-7-15-28/h8-13H,3-7,14-18H2,1-2H3,(H2,23,24,25). The van der Waals surface area contributed by atoms with Gasteiger partial charge in [0.25, 0.3) is 0 Å². The third-order valence-electron chi connectivity index (χ3n) is 5.25. The summed E-state index contributed by atoms with van der Waals surface area (Å²) in [4.78, 5) is 7.31. The van der Waals surface area contributed by atoms with E-state index in [1.165, 1.54) is 49.9 Å². The minimum Gasteiger partial charge on any atom is -0.357 e. The second-order valence-corrected chi connectivity index (χ2v) is 7.50. The molecule has 0 atom stereocenters. The van der Waals surface area contributed by atoms with Crippen molar-refractivity contribution in [3.8, 4) is 0 Å². The van der Waals surface area contributed by atoms with E-state index in [0.717, 1.165) is 24.7 Å². The number of rotatable bonds is 7. The summed E-state index contributed by atoms with van der Waals surface area (Å²) in [6.07, 6.45) is 7.26. The van der Waals surface area contributed by atoms with E-state index >= 15 is 0 Å². The number of hydrogen-bond acceptors (Lipinski definition) is 3. The van der Waals surface area contributed by atoms with Gasteiger partial charge < -0.3 is 10.6 Å². The van der Waals surface area contributed by atoms with Crippen LogP contribution in [0.15, 0.2) is 41.5 Å². The van der Waals surface area contributed by atoms with Crippen molar-refractivity contribution in [2.75, 3.05) is 19.6 Å². The molecule has 0 radical (unpaired) electrons. The van der Waals surface area contributed by atoms with E-state index in [1.54, 1.807) is 0 Å². The monoisotopic (exact) mass is 382 g/mol. The molecule has 0 bridgehead atoms. The smallest absolute Gasteiger partial charge is 0.191 e. The van der Waals surface area contributed by atoms with Crippen LogP contribution < -0.4 is 10.6 Å². The lowest BCUT2D eigenvalue weighted by Crippen LogP contribution is -2.37. The van der Waals surface area contributed by atoms with Crippen molar-refractivity contribution < 1.29 is 0 Å². The summed E-state index contributed by atoms with van der Waals surface area (Å²) in [5, 5.41) is 10.9. The first kappa shape index (κ1) is 20.4. The maximum atomic E-state index is 4.72. The third-order valence-corrected chi connectivity index (χ3v) is 5.25. The number of aryl methyl sites for hydroxylation is 1. The molecule has 0 amide bonds. The highest BCUT2D eigenvalue weighted by Crippen LogP contribution is 2.14. The van der Waals surface area contributed by atoms with Crippen LogP contribution in [0.4, 0.5) is 0 Å². The fraction of sp³-hybridized carbons (Fsp3) is 0.545. The van der Waals surface area contributed by atoms with Gasteiger partial charge in [0.2, 0.25) is 0 Å². The molecule has 1 aromatic carbocycles. The molecule has 6 heteroatoms. The highest BCUT2D eigenvalue weighted by atomic mass is 15.3. The quantitative estimate of drug-likeness (QED) is 0.571. The molecule has 2 N–H and O–H groups in total. The van der Waals surface area contributed by atoms with E-state index < -0.39 is 0 Å². The van der Waals surface area contributed by atoms with Crippen LogP contribution in [0.2, 0.25) is 0 Å². The summed E-state index contributed by atoms with van der Waals surface area (Å²) in [5.74, 6) is 0.831. The molecule has 152 valence electrons. The topological polar surface area (TPSA) is 57.5 Å². The maximum absolute atomic E-state index is 4.72. The molecular weight excluding hydrogens is 348 g/mol. The van der Waals surface area contributed by atoms with Gasteiger partial charge in [-0.25, -0.2) is 4.99 Å². The second kappa shape index (κ2) is 10.9. The van der Waals surface area contributed by atoms with Crippen LogP contribution >= 0.6 is 0 Å². The van der Waals surface area contributed by atoms with Crippen molar-refractivity contribution >= 4 is 5.96 Å². The lowest BCUT2D eigenvalue weighted by molar-refractivity contribution is 0.277. The highest BCUT2D eigenvalue weighted by molar-refractivity contribution is 5.79. The summed E-state index contributed by atoms with van der Waals surface area (Å²) in [6.45, 7) is 7.84. The number of hydrogen-bond donors (Lipinski definition) is 2. The molecule has 0 saturated carbocycles. The van der Waals surface area contributed by atoms with Crippen molar-refractivity contribution in [1.29, 1.82) is 0 Å². The molecule has 6 nitrogen and oxygen atoms in total. The molecule has 3 rings (SSSR count). The van der Waals surface area contributed by atoms with Crippen LogP contribution in [0.1, 0.15) is 49.4 Å². The van der Waals surface area contributed by atoms with Crippen LogP contribution in [-0.4, -0.2) is 40.3 Å². The van der Waals surface area contributed by atoms with E-state index in [4.69, 9.17) is 4.99 Å². The van der Waals surface area contributed by atoms with Crippen LogP contribution in [0, 0.1) is 0 Å². The Morgan fingerprint density at radius 3 is 2.36 bits per heavy atom. The van der Waals surface area contributed by atoms with E-state index in [9.17, 15) is 0 Å². The van der Waals surface area contributed by atoms with Crippen LogP contribution in [0.25, 0.3) is 0 Å². The van der Waals surface area contributed by atoms with E-state index in [2.05, 4.69) is 51.8 Å². The molecule has 0 aliphatic carbocycles. The first-order valence-corrected chi connectivity index (χ1v) is 10.5. The van der Waals surface area contributed by atoms with Gasteiger partial charge in [0.15, 0.2) is 5.96 Å². The first-order valence-electron chi connectivity index (χ1n) is 10.5. The number of benzene rings is 1. The fourth-order valence-corrected chi connectivity index (χ4v) is 3.56. The van der Waals surface area contributed by atoms with Gasteiger partial charge in [0.1, 0.15) is 0 Å². The molecule has 2 heterocycles. The van der Waals surface area contributed by atoms with Crippen LogP contribution in [0.3, 0.4) is 0 Å². The van der Waals surface area contributed by atoms with E-state index in [-0.39, 0.29) is 0 Å². The summed E-state index contributed by atoms with van der Waals surface area (Å²) in [6, 6.07) is 10.9. The van der Waals surface area contributed by atoms with E-state index in [0.29, 0.717) is 13.1 Å². The zero-order chi connectivity index (χ0) is 19.6. The van der Waals surface area contributed by atoms with Gasteiger partial charge in [0, 0.05) is 26.3 Å². The highest BCUT2D eigenvalue weighted by Gasteiger charge is 2.09. The van der Waals surface area contributed by atoms with Gasteiger partial charge >= 0.3 is 0 Å². The minimum atomic E-state index is 0.671. The van der Waals surface area contributed by atoms with Gasteiger partial charge in [0.05, 0.1) is 18.8 Å². The van der Waals surface area contributed by atoms with Gasteiger partial charge in [-0.3, -0.25) is 9.58 Å². The second-order valence-electron chi connectivity index (χ2n) is 7.50. The van der Waals surface area contributed by atoms with Crippen molar-refractivity contribution in [1.82, 2.24) is 25.3 Å². The molecule has 28 heavy (non-hydrogen) atoms. The molecule has 0 spiro atoms. The predicted molar refractivity (Wildman–Crippen MR) is 115 cm³/mol. The lowest BCUT2D eigenvalue weighted by atomic mass is 10.1. The summed E-state index contributed by atoms with van der Waals surface area (Å²) in [7, 11) is 1.95. The Morgan fingerprint density at radius 1 is 1.00 bits per heavy atom. The molecule has 0 unspecified atom stereocenters. The number of nitrogens with one attached hydrogen (secondary N) is 2. The molecule has 1 aromatic heterocycles. The summed E-state index contributed by atoms with van der Waals surface area (Å²) in [5.41, 5.74) is 3.76. The van der Waals surface area contributed by atoms with Gasteiger partial charge in [-0.2, -0.15) is 5.10 Å². The Hall–Kier alpha value is -2.34. The summed E-state index contributed by atoms with van der Waals surface area (Å²) < 4.78 is 1.87. The van der Waals surface area contributed by atoms with Crippen molar-refractivity contribution in [3.05, 3.63) is 53.3 Å². The van der Waals surface area contributed by atoms with Crippen molar-refractivity contribution in [3.63, 3.8) is 0 Å². The number of aromatic nitrogens is 2. The number of guanidine groups is 1. The fourth-order valence-electron chi connectivity index (χ4n) is 3.56. The predicted octanol–water partition coefficient (Wildman–Crippen LogP) is 3.05. The molecule has 1 fully saturated rings. The average molecular weight is 383 g/mol. The SMILES string of the molecule is CCNC(=NCc1ccc(CN2CCCCCC2)cc1)NCc1ccnn1C. The van der Waals surface area contributed by atoms with Gasteiger partial charge in [-0.1, -0.05) is 37.1 Å². The average Bonchev–Trinajstić information content (AvgIpc) is 2.95. The Morgan fingerprint density at radius 2 is 1.71 bits per heavy atom. The zero-order valence-electron chi connectivity index (χ0n) is 17.3. The largest absolute Gasteiger partial charge is 0.357 e. The number of nitrogens with zero attached hydrogens (tertiary/aromatic N) is 4. The first-order chi connectivity index (χ1) is 13.7. The van der Waals surface area contributed by atoms with Crippen LogP contribution in [0.5, 0.6) is 0 Å². The maximum Gasteiger partial charge on any atom is 0.191 e. The lowest BCUT2D eigenvalue weighted by Gasteiger charge is -2.19.